The molecule has 0 saturated heterocycles. The normalized spacial score (nSPS) is 10.3. The van der Waals surface area contributed by atoms with E-state index in [2.05, 4.69) is 5.32 Å². The summed E-state index contributed by atoms with van der Waals surface area (Å²) < 4.78 is 10.6. The van der Waals surface area contributed by atoms with Crippen LogP contribution in [-0.4, -0.2) is 24.1 Å². The zero-order chi connectivity index (χ0) is 16.1. The summed E-state index contributed by atoms with van der Waals surface area (Å²) in [5, 5.41) is 11.7. The van der Waals surface area contributed by atoms with Gasteiger partial charge < -0.3 is 19.6 Å². The number of hydrogen-bond donors (Lipinski definition) is 2. The third kappa shape index (κ3) is 3.46. The Bertz CT molecular complexity index is 690. The summed E-state index contributed by atoms with van der Waals surface area (Å²) in [6.07, 6.45) is 1.22. The second-order valence-corrected chi connectivity index (χ2v) is 4.68. The topological polar surface area (TPSA) is 88.8 Å². The van der Waals surface area contributed by atoms with E-state index in [1.54, 1.807) is 24.3 Å². The molecular formula is C16H17NO5. The van der Waals surface area contributed by atoms with Crippen LogP contribution in [0.3, 0.4) is 0 Å². The lowest BCUT2D eigenvalue weighted by Crippen LogP contribution is -2.10. The number of nitrogens with one attached hydrogen (secondary N) is 1. The summed E-state index contributed by atoms with van der Waals surface area (Å²) >= 11 is 0. The highest BCUT2D eigenvalue weighted by Gasteiger charge is 2.14. The molecule has 1 amide bonds. The number of carbonyl (C=O) groups excluding carboxylic acids is 1. The highest BCUT2D eigenvalue weighted by molar-refractivity contribution is 5.91. The number of methoxy groups -OCH3 is 1. The van der Waals surface area contributed by atoms with Gasteiger partial charge in [-0.3, -0.25) is 4.79 Å². The standard InChI is InChI=1S/C16H17NO5/c1-3-4-15(18)17-10-5-6-11(14(9-10)21-2)12-7-8-13(22-12)16(19)20/h5-9H,3-4H2,1-2H3,(H,17,18)(H,19,20). The lowest BCUT2D eigenvalue weighted by atomic mass is 10.1. The summed E-state index contributed by atoms with van der Waals surface area (Å²) in [6, 6.07) is 8.05. The highest BCUT2D eigenvalue weighted by atomic mass is 16.5. The number of furan rings is 1. The zero-order valence-electron chi connectivity index (χ0n) is 12.4. The van der Waals surface area contributed by atoms with Gasteiger partial charge >= 0.3 is 5.97 Å². The van der Waals surface area contributed by atoms with Gasteiger partial charge in [0.05, 0.1) is 12.7 Å². The maximum absolute atomic E-state index is 11.6. The molecule has 1 aromatic heterocycles. The first kappa shape index (κ1) is 15.6. The van der Waals surface area contributed by atoms with E-state index < -0.39 is 5.97 Å². The van der Waals surface area contributed by atoms with Gasteiger partial charge in [-0.15, -0.1) is 0 Å². The minimum absolute atomic E-state index is 0.0662. The lowest BCUT2D eigenvalue weighted by Gasteiger charge is -2.10. The van der Waals surface area contributed by atoms with Gasteiger partial charge in [0.1, 0.15) is 11.5 Å². The SMILES string of the molecule is CCCC(=O)Nc1ccc(-c2ccc(C(=O)O)o2)c(OC)c1. The van der Waals surface area contributed by atoms with E-state index in [4.69, 9.17) is 14.3 Å². The van der Waals surface area contributed by atoms with Crippen LogP contribution in [-0.2, 0) is 4.79 Å². The van der Waals surface area contributed by atoms with Crippen molar-refractivity contribution in [2.24, 2.45) is 0 Å². The fraction of sp³-hybridized carbons (Fsp3) is 0.250. The molecule has 0 fully saturated rings. The maximum Gasteiger partial charge on any atom is 0.371 e. The average molecular weight is 303 g/mol. The Balaban J connectivity index is 2.28. The molecule has 0 aliphatic carbocycles. The molecule has 2 N–H and O–H groups in total. The number of carboxylic acid groups (broad SMARTS) is 1. The molecule has 0 bridgehead atoms. The molecule has 0 spiro atoms. The molecule has 0 radical (unpaired) electrons. The lowest BCUT2D eigenvalue weighted by molar-refractivity contribution is -0.116. The Morgan fingerprint density at radius 1 is 1.27 bits per heavy atom. The minimum atomic E-state index is -1.13. The van der Waals surface area contributed by atoms with Crippen molar-refractivity contribution < 1.29 is 23.8 Å². The van der Waals surface area contributed by atoms with Crippen LogP contribution in [0.4, 0.5) is 5.69 Å². The molecule has 0 atom stereocenters. The summed E-state index contributed by atoms with van der Waals surface area (Å²) in [6.45, 7) is 1.93. The maximum atomic E-state index is 11.6. The van der Waals surface area contributed by atoms with Crippen LogP contribution in [0.5, 0.6) is 5.75 Å². The van der Waals surface area contributed by atoms with Gasteiger partial charge in [-0.05, 0) is 30.7 Å². The van der Waals surface area contributed by atoms with Crippen molar-refractivity contribution in [2.75, 3.05) is 12.4 Å². The van der Waals surface area contributed by atoms with E-state index >= 15 is 0 Å². The van der Waals surface area contributed by atoms with Crippen LogP contribution in [0.2, 0.25) is 0 Å². The Labute approximate surface area is 127 Å². The van der Waals surface area contributed by atoms with E-state index in [0.717, 1.165) is 6.42 Å². The number of hydrogen-bond acceptors (Lipinski definition) is 4. The van der Waals surface area contributed by atoms with Crippen LogP contribution < -0.4 is 10.1 Å². The molecule has 0 aliphatic heterocycles. The van der Waals surface area contributed by atoms with Crippen LogP contribution in [0, 0.1) is 0 Å². The van der Waals surface area contributed by atoms with E-state index in [-0.39, 0.29) is 11.7 Å². The first-order valence-corrected chi connectivity index (χ1v) is 6.86. The van der Waals surface area contributed by atoms with Crippen molar-refractivity contribution in [1.82, 2.24) is 0 Å². The largest absolute Gasteiger partial charge is 0.496 e. The number of benzene rings is 1. The van der Waals surface area contributed by atoms with E-state index in [1.165, 1.54) is 13.2 Å². The summed E-state index contributed by atoms with van der Waals surface area (Å²) in [5.74, 6) is -0.462. The number of rotatable bonds is 6. The Morgan fingerprint density at radius 2 is 2.05 bits per heavy atom. The van der Waals surface area contributed by atoms with Gasteiger partial charge in [-0.25, -0.2) is 4.79 Å². The third-order valence-electron chi connectivity index (χ3n) is 3.04. The van der Waals surface area contributed by atoms with Crippen LogP contribution >= 0.6 is 0 Å². The van der Waals surface area contributed by atoms with Gasteiger partial charge in [0.15, 0.2) is 0 Å². The quantitative estimate of drug-likeness (QED) is 0.853. The predicted molar refractivity (Wildman–Crippen MR) is 81.2 cm³/mol. The van der Waals surface area contributed by atoms with Crippen molar-refractivity contribution in [3.8, 4) is 17.1 Å². The molecular weight excluding hydrogens is 286 g/mol. The minimum Gasteiger partial charge on any atom is -0.496 e. The first-order valence-electron chi connectivity index (χ1n) is 6.86. The number of ether oxygens (including phenoxy) is 1. The van der Waals surface area contributed by atoms with E-state index in [9.17, 15) is 9.59 Å². The zero-order valence-corrected chi connectivity index (χ0v) is 12.4. The molecule has 2 aromatic rings. The van der Waals surface area contributed by atoms with E-state index in [0.29, 0.717) is 29.2 Å². The first-order chi connectivity index (χ1) is 10.5. The fourth-order valence-electron chi connectivity index (χ4n) is 2.02. The summed E-state index contributed by atoms with van der Waals surface area (Å²) in [5.41, 5.74) is 1.23. The smallest absolute Gasteiger partial charge is 0.371 e. The van der Waals surface area contributed by atoms with Gasteiger partial charge in [-0.2, -0.15) is 0 Å². The number of carbonyl (C=O) groups is 2. The van der Waals surface area contributed by atoms with Crippen molar-refractivity contribution in [3.05, 3.63) is 36.1 Å². The highest BCUT2D eigenvalue weighted by Crippen LogP contribution is 2.33. The molecule has 116 valence electrons. The van der Waals surface area contributed by atoms with Crippen LogP contribution in [0.25, 0.3) is 11.3 Å². The molecule has 1 aromatic carbocycles. The number of carboxylic acids is 1. The Hall–Kier alpha value is -2.76. The molecule has 6 nitrogen and oxygen atoms in total. The second kappa shape index (κ2) is 6.80. The number of anilines is 1. The molecule has 0 unspecified atom stereocenters. The number of aromatic carboxylic acids is 1. The average Bonchev–Trinajstić information content (AvgIpc) is 2.97. The van der Waals surface area contributed by atoms with Crippen molar-refractivity contribution in [3.63, 3.8) is 0 Å². The van der Waals surface area contributed by atoms with Gasteiger partial charge in [0.25, 0.3) is 0 Å². The third-order valence-corrected chi connectivity index (χ3v) is 3.04. The monoisotopic (exact) mass is 303 g/mol. The van der Waals surface area contributed by atoms with Gasteiger partial charge in [0, 0.05) is 18.2 Å². The molecule has 6 heteroatoms. The molecule has 1 heterocycles. The Kier molecular flexibility index (Phi) is 4.83. The number of amides is 1. The molecule has 2 rings (SSSR count). The van der Waals surface area contributed by atoms with Crippen LogP contribution in [0.15, 0.2) is 34.7 Å². The summed E-state index contributed by atoms with van der Waals surface area (Å²) in [7, 11) is 1.50. The van der Waals surface area contributed by atoms with Crippen molar-refractivity contribution >= 4 is 17.6 Å². The molecule has 0 aliphatic rings. The van der Waals surface area contributed by atoms with E-state index in [1.807, 2.05) is 6.92 Å². The summed E-state index contributed by atoms with van der Waals surface area (Å²) in [4.78, 5) is 22.5. The fourth-order valence-corrected chi connectivity index (χ4v) is 2.02. The van der Waals surface area contributed by atoms with Crippen LogP contribution in [0.1, 0.15) is 30.3 Å². The predicted octanol–water partition coefficient (Wildman–Crippen LogP) is 3.39. The molecule has 0 saturated carbocycles. The van der Waals surface area contributed by atoms with Gasteiger partial charge in [-0.1, -0.05) is 6.92 Å². The molecule has 22 heavy (non-hydrogen) atoms. The Morgan fingerprint density at radius 3 is 2.64 bits per heavy atom. The van der Waals surface area contributed by atoms with Crippen molar-refractivity contribution in [2.45, 2.75) is 19.8 Å². The second-order valence-electron chi connectivity index (χ2n) is 4.68. The van der Waals surface area contributed by atoms with Gasteiger partial charge in [0.2, 0.25) is 11.7 Å². The van der Waals surface area contributed by atoms with Crippen molar-refractivity contribution in [1.29, 1.82) is 0 Å².